The van der Waals surface area contributed by atoms with Gasteiger partial charge in [0.1, 0.15) is 0 Å². The molecular weight excluding hydrogens is 308 g/mol. The lowest BCUT2D eigenvalue weighted by Crippen LogP contribution is -2.14. The number of hydrogen-bond donors (Lipinski definition) is 1. The fraction of sp³-hybridized carbons (Fsp3) is 0.294. The molecule has 5 nitrogen and oxygen atoms in total. The van der Waals surface area contributed by atoms with Crippen molar-refractivity contribution < 1.29 is 4.79 Å². The Morgan fingerprint density at radius 3 is 3.04 bits per heavy atom. The Morgan fingerprint density at radius 1 is 1.35 bits per heavy atom. The zero-order chi connectivity index (χ0) is 15.9. The fourth-order valence-corrected chi connectivity index (χ4v) is 3.33. The molecule has 0 saturated heterocycles. The van der Waals surface area contributed by atoms with Gasteiger partial charge in [-0.2, -0.15) is 4.37 Å². The summed E-state index contributed by atoms with van der Waals surface area (Å²) in [5.74, 6) is 0.784. The molecule has 0 atom stereocenters. The van der Waals surface area contributed by atoms with Gasteiger partial charge in [-0.25, -0.2) is 4.98 Å². The van der Waals surface area contributed by atoms with E-state index in [9.17, 15) is 4.79 Å². The number of carbonyl (C=O) groups excluding carboxylic acids is 1. The number of amides is 1. The molecule has 0 radical (unpaired) electrons. The van der Waals surface area contributed by atoms with E-state index in [-0.39, 0.29) is 11.3 Å². The Morgan fingerprint density at radius 2 is 2.22 bits per heavy atom. The number of fused-ring (bicyclic) bond motifs is 1. The van der Waals surface area contributed by atoms with E-state index in [4.69, 9.17) is 0 Å². The van der Waals surface area contributed by atoms with Crippen LogP contribution in [0.4, 0.5) is 5.13 Å². The first-order valence-corrected chi connectivity index (χ1v) is 8.37. The second-order valence-electron chi connectivity index (χ2n) is 6.22. The molecule has 2 aromatic heterocycles. The summed E-state index contributed by atoms with van der Waals surface area (Å²) in [4.78, 5) is 20.9. The normalized spacial score (nSPS) is 15.5. The summed E-state index contributed by atoms with van der Waals surface area (Å²) in [7, 11) is 0. The molecule has 0 aliphatic heterocycles. The van der Waals surface area contributed by atoms with E-state index < -0.39 is 0 Å². The molecule has 1 fully saturated rings. The quantitative estimate of drug-likeness (QED) is 0.799. The van der Waals surface area contributed by atoms with Gasteiger partial charge in [-0.1, -0.05) is 25.1 Å². The van der Waals surface area contributed by atoms with Crippen LogP contribution in [0.3, 0.4) is 0 Å². The minimum Gasteiger partial charge on any atom is -0.300 e. The van der Waals surface area contributed by atoms with Crippen molar-refractivity contribution in [3.63, 3.8) is 0 Å². The van der Waals surface area contributed by atoms with Crippen molar-refractivity contribution in [2.24, 2.45) is 0 Å². The number of hydrogen-bond acceptors (Lipinski definition) is 5. The smallest absolute Gasteiger partial charge is 0.230 e. The van der Waals surface area contributed by atoms with E-state index in [0.29, 0.717) is 11.6 Å². The van der Waals surface area contributed by atoms with Gasteiger partial charge in [0.15, 0.2) is 5.82 Å². The summed E-state index contributed by atoms with van der Waals surface area (Å²) in [6, 6.07) is 7.86. The molecule has 1 aliphatic carbocycles. The lowest BCUT2D eigenvalue weighted by molar-refractivity contribution is -0.115. The number of nitrogens with zero attached hydrogens (tertiary/aromatic N) is 3. The number of nitrogens with one attached hydrogen (secondary N) is 1. The van der Waals surface area contributed by atoms with Gasteiger partial charge in [0.25, 0.3) is 0 Å². The molecule has 4 rings (SSSR count). The highest BCUT2D eigenvalue weighted by Crippen LogP contribution is 2.46. The lowest BCUT2D eigenvalue weighted by atomic mass is 10.0. The van der Waals surface area contributed by atoms with E-state index in [2.05, 4.69) is 26.6 Å². The summed E-state index contributed by atoms with van der Waals surface area (Å²) in [5, 5.41) is 5.55. The molecule has 0 spiro atoms. The van der Waals surface area contributed by atoms with Gasteiger partial charge in [0, 0.05) is 34.7 Å². The first kappa shape index (κ1) is 14.3. The maximum atomic E-state index is 12.3. The number of anilines is 1. The van der Waals surface area contributed by atoms with Crippen molar-refractivity contribution in [1.29, 1.82) is 0 Å². The Labute approximate surface area is 138 Å². The predicted molar refractivity (Wildman–Crippen MR) is 90.6 cm³/mol. The third-order valence-corrected chi connectivity index (χ3v) is 4.96. The first-order valence-electron chi connectivity index (χ1n) is 7.60. The molecule has 2 heterocycles. The van der Waals surface area contributed by atoms with Gasteiger partial charge < -0.3 is 5.32 Å². The highest BCUT2D eigenvalue weighted by atomic mass is 32.1. The van der Waals surface area contributed by atoms with Crippen LogP contribution in [0.5, 0.6) is 0 Å². The van der Waals surface area contributed by atoms with Crippen molar-refractivity contribution in [2.45, 2.75) is 31.6 Å². The highest BCUT2D eigenvalue weighted by molar-refractivity contribution is 7.09. The van der Waals surface area contributed by atoms with E-state index in [1.807, 2.05) is 30.5 Å². The Hall–Kier alpha value is -2.34. The molecule has 1 saturated carbocycles. The van der Waals surface area contributed by atoms with Crippen molar-refractivity contribution in [2.75, 3.05) is 5.32 Å². The molecule has 1 N–H and O–H groups in total. The fourth-order valence-electron chi connectivity index (χ4n) is 2.61. The largest absolute Gasteiger partial charge is 0.300 e. The summed E-state index contributed by atoms with van der Waals surface area (Å²) < 4.78 is 4.37. The first-order chi connectivity index (χ1) is 11.1. The molecule has 1 aliphatic rings. The van der Waals surface area contributed by atoms with E-state index in [1.165, 1.54) is 11.5 Å². The van der Waals surface area contributed by atoms with Gasteiger partial charge in [0.2, 0.25) is 11.0 Å². The SMILES string of the molecule is CC1(c2nsc(NC(=O)Cc3cccc4cnccc34)n2)CC1. The number of aromatic nitrogens is 3. The topological polar surface area (TPSA) is 67.8 Å². The maximum Gasteiger partial charge on any atom is 0.230 e. The third-order valence-electron chi connectivity index (χ3n) is 4.33. The number of benzene rings is 1. The Bertz CT molecular complexity index is 880. The van der Waals surface area contributed by atoms with Crippen LogP contribution in [-0.2, 0) is 16.6 Å². The van der Waals surface area contributed by atoms with Gasteiger partial charge in [-0.3, -0.25) is 9.78 Å². The average Bonchev–Trinajstić information content (AvgIpc) is 3.12. The number of carbonyl (C=O) groups is 1. The average molecular weight is 324 g/mol. The van der Waals surface area contributed by atoms with Crippen LogP contribution in [0.2, 0.25) is 0 Å². The van der Waals surface area contributed by atoms with E-state index in [0.717, 1.165) is 35.0 Å². The van der Waals surface area contributed by atoms with Gasteiger partial charge in [-0.05, 0) is 29.9 Å². The number of pyridine rings is 1. The minimum atomic E-state index is -0.0713. The third kappa shape index (κ3) is 2.82. The monoisotopic (exact) mass is 324 g/mol. The Balaban J connectivity index is 1.50. The standard InChI is InChI=1S/C17H16N4OS/c1-17(6-7-17)15-20-16(23-21-15)19-14(22)9-11-3-2-4-12-10-18-8-5-13(11)12/h2-5,8,10H,6-7,9H2,1H3,(H,19,20,21,22). The second kappa shape index (κ2) is 5.38. The van der Waals surface area contributed by atoms with Crippen LogP contribution in [0, 0.1) is 0 Å². The highest BCUT2D eigenvalue weighted by Gasteiger charge is 2.42. The van der Waals surface area contributed by atoms with Crippen molar-refractivity contribution in [3.8, 4) is 0 Å². The Kier molecular flexibility index (Phi) is 3.34. The molecular formula is C17H16N4OS. The summed E-state index contributed by atoms with van der Waals surface area (Å²) in [6.45, 7) is 2.16. The molecule has 0 unspecified atom stereocenters. The predicted octanol–water partition coefficient (Wildman–Crippen LogP) is 3.32. The molecule has 6 heteroatoms. The molecule has 0 bridgehead atoms. The van der Waals surface area contributed by atoms with Gasteiger partial charge >= 0.3 is 0 Å². The molecule has 3 aromatic rings. The van der Waals surface area contributed by atoms with E-state index in [1.54, 1.807) is 6.20 Å². The van der Waals surface area contributed by atoms with Gasteiger partial charge in [0.05, 0.1) is 6.42 Å². The van der Waals surface area contributed by atoms with Crippen molar-refractivity contribution in [1.82, 2.24) is 14.3 Å². The van der Waals surface area contributed by atoms with Crippen LogP contribution in [0.1, 0.15) is 31.2 Å². The van der Waals surface area contributed by atoms with Crippen molar-refractivity contribution in [3.05, 3.63) is 48.0 Å². The van der Waals surface area contributed by atoms with Crippen LogP contribution in [-0.4, -0.2) is 20.2 Å². The van der Waals surface area contributed by atoms with Crippen LogP contribution in [0.25, 0.3) is 10.8 Å². The zero-order valence-electron chi connectivity index (χ0n) is 12.7. The van der Waals surface area contributed by atoms with Crippen LogP contribution in [0.15, 0.2) is 36.7 Å². The second-order valence-corrected chi connectivity index (χ2v) is 6.97. The summed E-state index contributed by atoms with van der Waals surface area (Å²) >= 11 is 1.26. The zero-order valence-corrected chi connectivity index (χ0v) is 13.6. The summed E-state index contributed by atoms with van der Waals surface area (Å²) in [6.07, 6.45) is 6.12. The molecule has 116 valence electrons. The van der Waals surface area contributed by atoms with Crippen LogP contribution >= 0.6 is 11.5 Å². The summed E-state index contributed by atoms with van der Waals surface area (Å²) in [5.41, 5.74) is 1.11. The molecule has 23 heavy (non-hydrogen) atoms. The minimum absolute atomic E-state index is 0.0713. The number of rotatable bonds is 4. The van der Waals surface area contributed by atoms with Crippen molar-refractivity contribution >= 4 is 33.3 Å². The molecule has 1 amide bonds. The lowest BCUT2D eigenvalue weighted by Gasteiger charge is -2.06. The van der Waals surface area contributed by atoms with Gasteiger partial charge in [-0.15, -0.1) is 0 Å². The maximum absolute atomic E-state index is 12.3. The van der Waals surface area contributed by atoms with E-state index >= 15 is 0 Å². The van der Waals surface area contributed by atoms with Crippen LogP contribution < -0.4 is 5.32 Å². The molecule has 1 aromatic carbocycles.